The Kier molecular flexibility index (Phi) is 13.3. The van der Waals surface area contributed by atoms with Crippen molar-refractivity contribution >= 4 is 32.6 Å². The average Bonchev–Trinajstić information content (AvgIpc) is 3.09. The Morgan fingerprint density at radius 3 is 1.98 bits per heavy atom. The zero-order valence-corrected chi connectivity index (χ0v) is 32.9. The molecule has 0 radical (unpaired) electrons. The van der Waals surface area contributed by atoms with Crippen LogP contribution in [-0.2, 0) is 17.6 Å². The van der Waals surface area contributed by atoms with E-state index in [2.05, 4.69) is 134 Å². The van der Waals surface area contributed by atoms with Crippen molar-refractivity contribution in [3.63, 3.8) is 0 Å². The third kappa shape index (κ3) is 8.44. The van der Waals surface area contributed by atoms with Gasteiger partial charge in [-0.3, -0.25) is 4.79 Å². The topological polar surface area (TPSA) is 59.4 Å². The molecule has 1 N–H and O–H groups in total. The van der Waals surface area contributed by atoms with Gasteiger partial charge < -0.3 is 9.29 Å². The van der Waals surface area contributed by atoms with E-state index >= 15 is 0 Å². The molecular weight excluding hydrogens is 635 g/mol. The van der Waals surface area contributed by atoms with Gasteiger partial charge in [0.15, 0.2) is 5.78 Å². The van der Waals surface area contributed by atoms with Crippen LogP contribution in [0.5, 0.6) is 5.75 Å². The van der Waals surface area contributed by atoms with Crippen molar-refractivity contribution in [2.75, 3.05) is 0 Å². The summed E-state index contributed by atoms with van der Waals surface area (Å²) in [5.74, 6) is 1.32. The molecule has 5 heteroatoms. The second kappa shape index (κ2) is 17.0. The molecule has 0 saturated carbocycles. The molecule has 0 saturated heterocycles. The average molecular weight is 694 g/mol. The number of allylic oxidation sites excluding steroid dienone is 2. The molecule has 3 aromatic carbocycles. The molecule has 4 aromatic rings. The molecular formula is C45H59NO3S. The first-order chi connectivity index (χ1) is 23.8. The highest BCUT2D eigenvalue weighted by atomic mass is 32.3. The number of aryl methyl sites for hydroxylation is 1. The second-order valence-corrected chi connectivity index (χ2v) is 18.1. The van der Waals surface area contributed by atoms with Gasteiger partial charge >= 0.3 is 0 Å². The summed E-state index contributed by atoms with van der Waals surface area (Å²) in [6, 6.07) is 27.8. The van der Waals surface area contributed by atoms with Crippen molar-refractivity contribution in [1.29, 1.82) is 0 Å². The minimum absolute atomic E-state index is 0.0194. The molecule has 0 fully saturated rings. The summed E-state index contributed by atoms with van der Waals surface area (Å²) in [7, 11) is -2.00. The van der Waals surface area contributed by atoms with Gasteiger partial charge in [-0.1, -0.05) is 83.0 Å². The van der Waals surface area contributed by atoms with E-state index in [1.807, 2.05) is 6.08 Å². The molecule has 4 nitrogen and oxygen atoms in total. The Bertz CT molecular complexity index is 1780. The Hall–Kier alpha value is -3.67. The van der Waals surface area contributed by atoms with E-state index in [0.29, 0.717) is 23.5 Å². The number of aliphatic hydroxyl groups excluding tert-OH is 1. The molecule has 0 aliphatic rings. The van der Waals surface area contributed by atoms with Gasteiger partial charge in [0.05, 0.1) is 17.3 Å². The number of hydrogen-bond acceptors (Lipinski definition) is 4. The number of rotatable bonds is 15. The number of fused-ring (bicyclic) bond motifs is 1. The number of benzene rings is 3. The van der Waals surface area contributed by atoms with E-state index in [1.54, 1.807) is 13.8 Å². The Balaban J connectivity index is 1.98. The number of aliphatic hydroxyl groups is 1. The van der Waals surface area contributed by atoms with Crippen LogP contribution < -0.4 is 4.18 Å². The summed E-state index contributed by atoms with van der Waals surface area (Å²) in [6.07, 6.45) is 6.60. The molecule has 0 aliphatic heterocycles. The van der Waals surface area contributed by atoms with Crippen molar-refractivity contribution < 1.29 is 14.1 Å². The Labute approximate surface area is 303 Å². The molecule has 2 atom stereocenters. The highest BCUT2D eigenvalue weighted by Gasteiger charge is 2.43. The predicted octanol–water partition coefficient (Wildman–Crippen LogP) is 12.3. The summed E-state index contributed by atoms with van der Waals surface area (Å²) in [5.41, 5.74) is 6.76. The van der Waals surface area contributed by atoms with Crippen LogP contribution in [0, 0.1) is 5.92 Å². The lowest BCUT2D eigenvalue weighted by atomic mass is 9.87. The van der Waals surface area contributed by atoms with Gasteiger partial charge in [0.25, 0.3) is 0 Å². The van der Waals surface area contributed by atoms with Crippen LogP contribution in [0.1, 0.15) is 112 Å². The van der Waals surface area contributed by atoms with Crippen LogP contribution in [0.25, 0.3) is 16.5 Å². The molecule has 1 aromatic heterocycles. The van der Waals surface area contributed by atoms with Crippen LogP contribution in [-0.4, -0.2) is 26.7 Å². The summed E-state index contributed by atoms with van der Waals surface area (Å²) >= 11 is 0. The van der Waals surface area contributed by atoms with E-state index in [9.17, 15) is 9.90 Å². The van der Waals surface area contributed by atoms with Gasteiger partial charge in [-0.2, -0.15) is 0 Å². The summed E-state index contributed by atoms with van der Waals surface area (Å²) in [5, 5.41) is 12.0. The maximum Gasteiger partial charge on any atom is 0.156 e. The quantitative estimate of drug-likeness (QED) is 0.0994. The van der Waals surface area contributed by atoms with Crippen molar-refractivity contribution in [2.24, 2.45) is 5.92 Å². The van der Waals surface area contributed by atoms with Crippen molar-refractivity contribution in [3.8, 4) is 5.75 Å². The number of Topliss-reactive ketones (excluding diaryl/α,β-unsaturated/α-hetero) is 1. The number of hydrogen-bond donors (Lipinski definition) is 1. The van der Waals surface area contributed by atoms with Gasteiger partial charge in [-0.25, -0.2) is 4.98 Å². The predicted molar refractivity (Wildman–Crippen MR) is 214 cm³/mol. The normalized spacial score (nSPS) is 14.7. The highest BCUT2D eigenvalue weighted by Crippen LogP contribution is 2.70. The van der Waals surface area contributed by atoms with Crippen molar-refractivity contribution in [1.82, 2.24) is 4.98 Å². The molecule has 4 rings (SSSR count). The number of pyridine rings is 1. The van der Waals surface area contributed by atoms with Crippen LogP contribution in [0.4, 0.5) is 0 Å². The van der Waals surface area contributed by atoms with Crippen LogP contribution in [0.3, 0.4) is 0 Å². The molecule has 2 unspecified atom stereocenters. The standard InChI is InChI=1S/C45H59NO3S/c1-11-14-25-39(33(6)47)40(34(7)48)29-32(5)44-42(28-31(4)12-2)38(13-3)41-30-35(26-27-43(41)46-44)49-50(45(8,9)10,36-21-17-15-18-22-36)37-23-19-16-20-24-37/h15-24,26-27,29-31,34,48H,11-14,25,28H2,1-10H3/b32-29+,40-39+. The van der Waals surface area contributed by atoms with Gasteiger partial charge in [-0.05, 0) is 148 Å². The molecule has 0 amide bonds. The lowest BCUT2D eigenvalue weighted by Gasteiger charge is -2.50. The monoisotopic (exact) mass is 693 g/mol. The fraction of sp³-hybridized carbons (Fsp3) is 0.422. The van der Waals surface area contributed by atoms with Crippen LogP contribution in [0.2, 0.25) is 0 Å². The van der Waals surface area contributed by atoms with E-state index in [4.69, 9.17) is 9.17 Å². The molecule has 268 valence electrons. The molecule has 1 heterocycles. The fourth-order valence-corrected chi connectivity index (χ4v) is 10.5. The summed E-state index contributed by atoms with van der Waals surface area (Å²) < 4.78 is 7.19. The number of ketones is 1. The third-order valence-corrected chi connectivity index (χ3v) is 13.8. The highest BCUT2D eigenvalue weighted by molar-refractivity contribution is 8.31. The zero-order chi connectivity index (χ0) is 36.6. The van der Waals surface area contributed by atoms with E-state index < -0.39 is 16.4 Å². The number of carbonyl (C=O) groups excluding carboxylic acids is 1. The number of nitrogens with zero attached hydrogens (tertiary/aromatic N) is 1. The maximum absolute atomic E-state index is 12.8. The second-order valence-electron chi connectivity index (χ2n) is 14.6. The first-order valence-electron chi connectivity index (χ1n) is 18.5. The van der Waals surface area contributed by atoms with Gasteiger partial charge in [0.2, 0.25) is 0 Å². The van der Waals surface area contributed by atoms with Crippen molar-refractivity contribution in [2.45, 2.75) is 128 Å². The van der Waals surface area contributed by atoms with Crippen molar-refractivity contribution in [3.05, 3.63) is 113 Å². The Morgan fingerprint density at radius 2 is 1.50 bits per heavy atom. The number of aromatic nitrogens is 1. The molecule has 0 bridgehead atoms. The van der Waals surface area contributed by atoms with E-state index in [-0.39, 0.29) is 10.5 Å². The lowest BCUT2D eigenvalue weighted by molar-refractivity contribution is -0.113. The zero-order valence-electron chi connectivity index (χ0n) is 32.1. The SMILES string of the molecule is CCCC/C(C(C)=O)=C(/C=C(\C)c1nc2ccc(OS(c3ccccc3)(c3ccccc3)C(C)(C)C)cc2c(CC)c1CC(C)CC)C(C)O. The van der Waals surface area contributed by atoms with E-state index in [0.717, 1.165) is 60.0 Å². The smallest absolute Gasteiger partial charge is 0.156 e. The molecule has 50 heavy (non-hydrogen) atoms. The van der Waals surface area contributed by atoms with Gasteiger partial charge in [0, 0.05) is 25.5 Å². The minimum atomic E-state index is -2.00. The lowest BCUT2D eigenvalue weighted by Crippen LogP contribution is -2.29. The number of unbranched alkanes of at least 4 members (excludes halogenated alkanes) is 1. The number of carbonyl (C=O) groups is 1. The van der Waals surface area contributed by atoms with Crippen LogP contribution >= 0.6 is 10.3 Å². The molecule has 0 aliphatic carbocycles. The third-order valence-electron chi connectivity index (χ3n) is 9.76. The van der Waals surface area contributed by atoms with Gasteiger partial charge in [0.1, 0.15) is 5.75 Å². The minimum Gasteiger partial charge on any atom is -0.440 e. The molecule has 0 spiro atoms. The maximum atomic E-state index is 12.8. The summed E-state index contributed by atoms with van der Waals surface area (Å²) in [4.78, 5) is 20.5. The van der Waals surface area contributed by atoms with E-state index in [1.165, 1.54) is 20.9 Å². The first-order valence-corrected chi connectivity index (χ1v) is 20.0. The largest absolute Gasteiger partial charge is 0.440 e. The van der Waals surface area contributed by atoms with Gasteiger partial charge in [-0.15, -0.1) is 0 Å². The fourth-order valence-electron chi connectivity index (χ4n) is 6.91. The Morgan fingerprint density at radius 1 is 0.900 bits per heavy atom. The van der Waals surface area contributed by atoms with Crippen LogP contribution in [0.15, 0.2) is 106 Å². The summed E-state index contributed by atoms with van der Waals surface area (Å²) in [6.45, 7) is 21.2. The first kappa shape index (κ1) is 39.1.